The minimum atomic E-state index is -0.767. The molecule has 0 radical (unpaired) electrons. The quantitative estimate of drug-likeness (QED) is 0.620. The Morgan fingerprint density at radius 2 is 1.71 bits per heavy atom. The predicted molar refractivity (Wildman–Crippen MR) is 109 cm³/mol. The number of rotatable bonds is 7. The van der Waals surface area contributed by atoms with Crippen molar-refractivity contribution in [3.8, 4) is 0 Å². The average Bonchev–Trinajstić information content (AvgIpc) is 2.71. The zero-order chi connectivity index (χ0) is 19.9. The van der Waals surface area contributed by atoms with Crippen LogP contribution >= 0.6 is 11.6 Å². The first-order valence-corrected chi connectivity index (χ1v) is 9.14. The number of ether oxygens (including phenoxy) is 1. The van der Waals surface area contributed by atoms with Crippen molar-refractivity contribution in [3.63, 3.8) is 0 Å². The number of carbonyl (C=O) groups excluding carboxylic acids is 1. The number of methoxy groups -OCH3 is 1. The Balaban J connectivity index is 1.88. The largest absolute Gasteiger partial charge is 0.467 e. The average molecular weight is 398 g/mol. The molecule has 0 fully saturated rings. The van der Waals surface area contributed by atoms with E-state index in [0.29, 0.717) is 13.0 Å². The summed E-state index contributed by atoms with van der Waals surface area (Å²) in [6.07, 6.45) is 1.83. The lowest BCUT2D eigenvalue weighted by Crippen LogP contribution is -2.37. The highest BCUT2D eigenvalue weighted by Gasteiger charge is 2.22. The van der Waals surface area contributed by atoms with Gasteiger partial charge in [-0.15, -0.1) is 0 Å². The Labute approximate surface area is 167 Å². The highest BCUT2D eigenvalue weighted by molar-refractivity contribution is 6.29. The van der Waals surface area contributed by atoms with Crippen LogP contribution in [0.4, 0.5) is 5.82 Å². The van der Waals surface area contributed by atoms with Crippen LogP contribution in [-0.4, -0.2) is 28.7 Å². The van der Waals surface area contributed by atoms with E-state index in [4.69, 9.17) is 16.3 Å². The number of benzene rings is 2. The monoisotopic (exact) mass is 397 g/mol. The summed E-state index contributed by atoms with van der Waals surface area (Å²) in [6.45, 7) is 0.345. The zero-order valence-corrected chi connectivity index (χ0v) is 16.1. The van der Waals surface area contributed by atoms with E-state index in [-0.39, 0.29) is 16.5 Å². The van der Waals surface area contributed by atoms with Gasteiger partial charge in [0.25, 0.3) is 5.56 Å². The first-order valence-electron chi connectivity index (χ1n) is 8.76. The van der Waals surface area contributed by atoms with Gasteiger partial charge in [0.05, 0.1) is 13.7 Å². The topological polar surface area (TPSA) is 73.2 Å². The van der Waals surface area contributed by atoms with E-state index < -0.39 is 12.0 Å². The molecule has 1 atom stereocenters. The van der Waals surface area contributed by atoms with E-state index in [1.165, 1.54) is 17.9 Å². The van der Waals surface area contributed by atoms with Gasteiger partial charge >= 0.3 is 5.97 Å². The number of anilines is 1. The van der Waals surface area contributed by atoms with E-state index in [0.717, 1.165) is 11.1 Å². The van der Waals surface area contributed by atoms with Crippen LogP contribution in [0.5, 0.6) is 0 Å². The van der Waals surface area contributed by atoms with Crippen molar-refractivity contribution < 1.29 is 9.53 Å². The van der Waals surface area contributed by atoms with E-state index in [9.17, 15) is 9.59 Å². The molecule has 3 rings (SSSR count). The molecule has 3 aromatic rings. The number of esters is 1. The number of nitrogens with zero attached hydrogens (tertiary/aromatic N) is 2. The normalized spacial score (nSPS) is 11.6. The van der Waals surface area contributed by atoms with Crippen molar-refractivity contribution in [1.29, 1.82) is 0 Å². The molecule has 1 aromatic heterocycles. The predicted octanol–water partition coefficient (Wildman–Crippen LogP) is 3.14. The number of carbonyl (C=O) groups is 1. The fourth-order valence-electron chi connectivity index (χ4n) is 2.85. The molecule has 0 saturated heterocycles. The van der Waals surface area contributed by atoms with Gasteiger partial charge in [-0.3, -0.25) is 4.79 Å². The number of aromatic nitrogens is 2. The van der Waals surface area contributed by atoms with Crippen molar-refractivity contribution in [2.24, 2.45) is 0 Å². The van der Waals surface area contributed by atoms with Crippen molar-refractivity contribution in [2.45, 2.75) is 19.0 Å². The van der Waals surface area contributed by atoms with Crippen molar-refractivity contribution in [3.05, 3.63) is 93.5 Å². The summed E-state index contributed by atoms with van der Waals surface area (Å²) in [5.74, 6) is -0.477. The molecule has 0 aliphatic rings. The van der Waals surface area contributed by atoms with E-state index in [1.54, 1.807) is 0 Å². The van der Waals surface area contributed by atoms with Crippen LogP contribution in [-0.2, 0) is 22.5 Å². The second kappa shape index (κ2) is 9.19. The van der Waals surface area contributed by atoms with E-state index >= 15 is 0 Å². The maximum Gasteiger partial charge on any atom is 0.328 e. The Morgan fingerprint density at radius 1 is 1.11 bits per heavy atom. The second-order valence-electron chi connectivity index (χ2n) is 6.24. The summed E-state index contributed by atoms with van der Waals surface area (Å²) in [6, 6.07) is 18.2. The Hall–Kier alpha value is -3.12. The fraction of sp³-hybridized carbons (Fsp3) is 0.190. The third-order valence-electron chi connectivity index (χ3n) is 4.22. The van der Waals surface area contributed by atoms with Gasteiger partial charge in [-0.2, -0.15) is 0 Å². The first kappa shape index (κ1) is 19.6. The molecule has 0 bridgehead atoms. The van der Waals surface area contributed by atoms with Gasteiger partial charge in [0.2, 0.25) is 0 Å². The molecule has 1 heterocycles. The Kier molecular flexibility index (Phi) is 6.45. The number of nitrogens with one attached hydrogen (secondary N) is 1. The number of halogens is 1. The van der Waals surface area contributed by atoms with Crippen LogP contribution in [0.1, 0.15) is 11.1 Å². The van der Waals surface area contributed by atoms with Gasteiger partial charge < -0.3 is 14.6 Å². The van der Waals surface area contributed by atoms with Gasteiger partial charge in [-0.05, 0) is 11.1 Å². The molecule has 6 nitrogen and oxygen atoms in total. The summed E-state index contributed by atoms with van der Waals surface area (Å²) < 4.78 is 6.34. The molecule has 0 spiro atoms. The molecule has 7 heteroatoms. The summed E-state index contributed by atoms with van der Waals surface area (Å²) in [7, 11) is 1.31. The molecular weight excluding hydrogens is 378 g/mol. The highest BCUT2D eigenvalue weighted by Crippen LogP contribution is 2.12. The number of hydrogen-bond acceptors (Lipinski definition) is 5. The molecule has 0 aliphatic carbocycles. The molecule has 144 valence electrons. The lowest BCUT2D eigenvalue weighted by Gasteiger charge is -2.18. The van der Waals surface area contributed by atoms with Crippen molar-refractivity contribution in [2.75, 3.05) is 12.4 Å². The fourth-order valence-corrected chi connectivity index (χ4v) is 3.05. The Bertz CT molecular complexity index is 991. The van der Waals surface area contributed by atoms with Crippen molar-refractivity contribution >= 4 is 23.4 Å². The number of hydrogen-bond donors (Lipinski definition) is 1. The third kappa shape index (κ3) is 4.98. The maximum absolute atomic E-state index is 12.9. The first-order chi connectivity index (χ1) is 13.6. The SMILES string of the molecule is COC(=O)C(Cc1ccccc1)Nc1nc(Cl)cn(Cc2ccccc2)c1=O. The molecule has 0 amide bonds. The molecule has 0 saturated carbocycles. The van der Waals surface area contributed by atoms with Gasteiger partial charge in [0, 0.05) is 12.6 Å². The molecular formula is C21H20ClN3O3. The summed E-state index contributed by atoms with van der Waals surface area (Å²) in [4.78, 5) is 29.2. The maximum atomic E-state index is 12.9. The van der Waals surface area contributed by atoms with Crippen LogP contribution in [0, 0.1) is 0 Å². The lowest BCUT2D eigenvalue weighted by atomic mass is 10.1. The third-order valence-corrected chi connectivity index (χ3v) is 4.40. The van der Waals surface area contributed by atoms with E-state index in [1.807, 2.05) is 60.7 Å². The molecule has 2 aromatic carbocycles. The van der Waals surface area contributed by atoms with Crippen molar-refractivity contribution in [1.82, 2.24) is 9.55 Å². The van der Waals surface area contributed by atoms with Crippen LogP contribution in [0.2, 0.25) is 5.15 Å². The minimum absolute atomic E-state index is 0.00904. The van der Waals surface area contributed by atoms with Gasteiger partial charge in [-0.25, -0.2) is 9.78 Å². The standard InChI is InChI=1S/C21H20ClN3O3/c1-28-21(27)17(12-15-8-4-2-5-9-15)23-19-20(26)25(14-18(22)24-19)13-16-10-6-3-7-11-16/h2-11,14,17H,12-13H2,1H3,(H,23,24). The van der Waals surface area contributed by atoms with Gasteiger partial charge in [0.1, 0.15) is 11.2 Å². The molecule has 28 heavy (non-hydrogen) atoms. The molecule has 0 aliphatic heterocycles. The second-order valence-corrected chi connectivity index (χ2v) is 6.63. The molecule has 1 N–H and O–H groups in total. The van der Waals surface area contributed by atoms with E-state index in [2.05, 4.69) is 10.3 Å². The summed E-state index contributed by atoms with van der Waals surface area (Å²) in [5, 5.41) is 3.06. The lowest BCUT2D eigenvalue weighted by molar-refractivity contribution is -0.141. The molecule has 1 unspecified atom stereocenters. The van der Waals surface area contributed by atoms with Gasteiger partial charge in [0.15, 0.2) is 5.82 Å². The summed E-state index contributed by atoms with van der Waals surface area (Å²) in [5.41, 5.74) is 1.51. The summed E-state index contributed by atoms with van der Waals surface area (Å²) >= 11 is 6.12. The highest BCUT2D eigenvalue weighted by atomic mass is 35.5. The zero-order valence-electron chi connectivity index (χ0n) is 15.3. The van der Waals surface area contributed by atoms with Gasteiger partial charge in [-0.1, -0.05) is 72.3 Å². The van der Waals surface area contributed by atoms with Crippen LogP contribution in [0.25, 0.3) is 0 Å². The Morgan fingerprint density at radius 3 is 2.32 bits per heavy atom. The van der Waals surface area contributed by atoms with Crippen LogP contribution < -0.4 is 10.9 Å². The smallest absolute Gasteiger partial charge is 0.328 e. The minimum Gasteiger partial charge on any atom is -0.467 e. The van der Waals surface area contributed by atoms with Crippen LogP contribution in [0.15, 0.2) is 71.7 Å². The van der Waals surface area contributed by atoms with Crippen LogP contribution in [0.3, 0.4) is 0 Å².